The Bertz CT molecular complexity index is 468. The lowest BCUT2D eigenvalue weighted by molar-refractivity contribution is 1.10. The SMILES string of the molecule is Nc1n[nH]c(-c2cccc(Cl)c2Br)n1. The molecule has 0 saturated carbocycles. The molecule has 0 saturated heterocycles. The zero-order chi connectivity index (χ0) is 10.1. The maximum Gasteiger partial charge on any atom is 0.239 e. The van der Waals surface area contributed by atoms with E-state index in [9.17, 15) is 0 Å². The van der Waals surface area contributed by atoms with E-state index in [0.717, 1.165) is 10.0 Å². The van der Waals surface area contributed by atoms with Gasteiger partial charge in [0.1, 0.15) is 0 Å². The highest BCUT2D eigenvalue weighted by molar-refractivity contribution is 9.10. The van der Waals surface area contributed by atoms with E-state index in [1.54, 1.807) is 6.07 Å². The van der Waals surface area contributed by atoms with Crippen molar-refractivity contribution in [2.45, 2.75) is 0 Å². The first-order valence-electron chi connectivity index (χ1n) is 3.81. The van der Waals surface area contributed by atoms with Crippen molar-refractivity contribution in [3.05, 3.63) is 27.7 Å². The van der Waals surface area contributed by atoms with Crippen LogP contribution in [0.25, 0.3) is 11.4 Å². The Kier molecular flexibility index (Phi) is 2.43. The number of nitrogens with two attached hydrogens (primary N) is 1. The number of hydrogen-bond acceptors (Lipinski definition) is 3. The van der Waals surface area contributed by atoms with Crippen LogP contribution in [0.4, 0.5) is 5.95 Å². The van der Waals surface area contributed by atoms with Crippen LogP contribution < -0.4 is 5.73 Å². The Morgan fingerprint density at radius 3 is 2.86 bits per heavy atom. The van der Waals surface area contributed by atoms with Crippen LogP contribution in [0.2, 0.25) is 5.02 Å². The summed E-state index contributed by atoms with van der Waals surface area (Å²) in [6.45, 7) is 0. The summed E-state index contributed by atoms with van der Waals surface area (Å²) >= 11 is 9.30. The molecule has 0 fully saturated rings. The van der Waals surface area contributed by atoms with Crippen molar-refractivity contribution in [3.8, 4) is 11.4 Å². The predicted molar refractivity (Wildman–Crippen MR) is 58.9 cm³/mol. The zero-order valence-corrected chi connectivity index (χ0v) is 9.30. The summed E-state index contributed by atoms with van der Waals surface area (Å²) in [7, 11) is 0. The van der Waals surface area contributed by atoms with Crippen LogP contribution in [0.15, 0.2) is 22.7 Å². The molecular formula is C8H6BrClN4. The van der Waals surface area contributed by atoms with E-state index in [1.165, 1.54) is 0 Å². The molecule has 0 radical (unpaired) electrons. The van der Waals surface area contributed by atoms with Gasteiger partial charge in [-0.2, -0.15) is 4.98 Å². The maximum atomic E-state index is 5.93. The van der Waals surface area contributed by atoms with Gasteiger partial charge in [0.05, 0.1) is 5.02 Å². The van der Waals surface area contributed by atoms with Crippen LogP contribution >= 0.6 is 27.5 Å². The van der Waals surface area contributed by atoms with Gasteiger partial charge in [0.25, 0.3) is 0 Å². The molecule has 0 spiro atoms. The predicted octanol–water partition coefficient (Wildman–Crippen LogP) is 2.47. The topological polar surface area (TPSA) is 67.6 Å². The van der Waals surface area contributed by atoms with E-state index in [4.69, 9.17) is 17.3 Å². The first-order chi connectivity index (χ1) is 6.68. The molecule has 1 aromatic carbocycles. The van der Waals surface area contributed by atoms with Crippen molar-refractivity contribution in [1.82, 2.24) is 15.2 Å². The van der Waals surface area contributed by atoms with Gasteiger partial charge >= 0.3 is 0 Å². The van der Waals surface area contributed by atoms with Gasteiger partial charge < -0.3 is 5.73 Å². The van der Waals surface area contributed by atoms with Gasteiger partial charge in [-0.15, -0.1) is 5.10 Å². The van der Waals surface area contributed by atoms with E-state index >= 15 is 0 Å². The summed E-state index contributed by atoms with van der Waals surface area (Å²) in [5, 5.41) is 7.08. The van der Waals surface area contributed by atoms with Crippen LogP contribution in [0.3, 0.4) is 0 Å². The third-order valence-electron chi connectivity index (χ3n) is 1.71. The summed E-state index contributed by atoms with van der Waals surface area (Å²) in [6.07, 6.45) is 0. The first-order valence-corrected chi connectivity index (χ1v) is 4.98. The molecule has 1 heterocycles. The molecule has 0 aliphatic rings. The highest BCUT2D eigenvalue weighted by atomic mass is 79.9. The third kappa shape index (κ3) is 1.60. The molecular weight excluding hydrogens is 267 g/mol. The zero-order valence-electron chi connectivity index (χ0n) is 6.96. The second-order valence-electron chi connectivity index (χ2n) is 2.64. The van der Waals surface area contributed by atoms with Crippen LogP contribution in [-0.4, -0.2) is 15.2 Å². The molecule has 2 aromatic rings. The standard InChI is InChI=1S/C8H6BrClN4/c9-6-4(2-1-3-5(6)10)7-12-8(11)14-13-7/h1-3H,(H3,11,12,13,14). The normalized spacial score (nSPS) is 10.4. The lowest BCUT2D eigenvalue weighted by Gasteiger charge is -2.01. The molecule has 0 unspecified atom stereocenters. The monoisotopic (exact) mass is 272 g/mol. The number of benzene rings is 1. The van der Waals surface area contributed by atoms with Crippen molar-refractivity contribution in [3.63, 3.8) is 0 Å². The van der Waals surface area contributed by atoms with Crippen molar-refractivity contribution >= 4 is 33.5 Å². The summed E-state index contributed by atoms with van der Waals surface area (Å²) in [4.78, 5) is 4.01. The third-order valence-corrected chi connectivity index (χ3v) is 3.11. The first kappa shape index (κ1) is 9.48. The largest absolute Gasteiger partial charge is 0.366 e. The number of nitrogens with one attached hydrogen (secondary N) is 1. The van der Waals surface area contributed by atoms with Crippen molar-refractivity contribution in [2.75, 3.05) is 5.73 Å². The fraction of sp³-hybridized carbons (Fsp3) is 0. The molecule has 3 N–H and O–H groups in total. The number of anilines is 1. The van der Waals surface area contributed by atoms with Gasteiger partial charge in [-0.3, -0.25) is 5.10 Å². The van der Waals surface area contributed by atoms with E-state index in [0.29, 0.717) is 10.8 Å². The van der Waals surface area contributed by atoms with Gasteiger partial charge in [-0.1, -0.05) is 17.7 Å². The number of aromatic nitrogens is 3. The van der Waals surface area contributed by atoms with E-state index in [1.807, 2.05) is 12.1 Å². The van der Waals surface area contributed by atoms with E-state index in [2.05, 4.69) is 31.1 Å². The molecule has 72 valence electrons. The molecule has 4 nitrogen and oxygen atoms in total. The molecule has 2 rings (SSSR count). The van der Waals surface area contributed by atoms with Crippen LogP contribution in [0.1, 0.15) is 0 Å². The fourth-order valence-corrected chi connectivity index (χ4v) is 1.71. The Morgan fingerprint density at radius 1 is 1.43 bits per heavy atom. The van der Waals surface area contributed by atoms with Gasteiger partial charge in [0.2, 0.25) is 5.95 Å². The summed E-state index contributed by atoms with van der Waals surface area (Å²) < 4.78 is 0.776. The average molecular weight is 274 g/mol. The molecule has 0 atom stereocenters. The average Bonchev–Trinajstić information content (AvgIpc) is 2.57. The number of nitrogen functional groups attached to an aromatic ring is 1. The van der Waals surface area contributed by atoms with Gasteiger partial charge in [-0.25, -0.2) is 0 Å². The second-order valence-corrected chi connectivity index (χ2v) is 3.84. The highest BCUT2D eigenvalue weighted by Crippen LogP contribution is 2.31. The number of nitrogens with zero attached hydrogens (tertiary/aromatic N) is 2. The molecule has 0 amide bonds. The minimum atomic E-state index is 0.215. The van der Waals surface area contributed by atoms with Crippen molar-refractivity contribution in [1.29, 1.82) is 0 Å². The summed E-state index contributed by atoms with van der Waals surface area (Å²) in [6, 6.07) is 5.49. The molecule has 1 aromatic heterocycles. The molecule has 0 aliphatic heterocycles. The van der Waals surface area contributed by atoms with Crippen molar-refractivity contribution < 1.29 is 0 Å². The molecule has 0 bridgehead atoms. The molecule has 0 aliphatic carbocycles. The second kappa shape index (κ2) is 3.59. The molecule has 6 heteroatoms. The summed E-state index contributed by atoms with van der Waals surface area (Å²) in [5.74, 6) is 0.809. The number of halogens is 2. The van der Waals surface area contributed by atoms with Crippen molar-refractivity contribution in [2.24, 2.45) is 0 Å². The van der Waals surface area contributed by atoms with Crippen LogP contribution in [0, 0.1) is 0 Å². The minimum Gasteiger partial charge on any atom is -0.366 e. The van der Waals surface area contributed by atoms with Gasteiger partial charge in [-0.05, 0) is 28.1 Å². The van der Waals surface area contributed by atoms with Gasteiger partial charge in [0, 0.05) is 10.0 Å². The quantitative estimate of drug-likeness (QED) is 0.839. The highest BCUT2D eigenvalue weighted by Gasteiger charge is 2.09. The minimum absolute atomic E-state index is 0.215. The maximum absolute atomic E-state index is 5.93. The number of hydrogen-bond donors (Lipinski definition) is 2. The number of aromatic amines is 1. The fourth-order valence-electron chi connectivity index (χ4n) is 1.08. The van der Waals surface area contributed by atoms with Gasteiger partial charge in [0.15, 0.2) is 5.82 Å². The van der Waals surface area contributed by atoms with E-state index in [-0.39, 0.29) is 5.95 Å². The Morgan fingerprint density at radius 2 is 2.21 bits per heavy atom. The number of rotatable bonds is 1. The Balaban J connectivity index is 2.57. The lowest BCUT2D eigenvalue weighted by atomic mass is 10.2. The van der Waals surface area contributed by atoms with Crippen LogP contribution in [0.5, 0.6) is 0 Å². The molecule has 14 heavy (non-hydrogen) atoms. The van der Waals surface area contributed by atoms with Crippen LogP contribution in [-0.2, 0) is 0 Å². The Hall–Kier alpha value is -1.07. The summed E-state index contributed by atoms with van der Waals surface area (Å²) in [5.41, 5.74) is 6.24. The lowest BCUT2D eigenvalue weighted by Crippen LogP contribution is -1.86. The van der Waals surface area contributed by atoms with E-state index < -0.39 is 0 Å². The Labute approximate surface area is 93.6 Å². The number of H-pyrrole nitrogens is 1. The smallest absolute Gasteiger partial charge is 0.239 e.